The summed E-state index contributed by atoms with van der Waals surface area (Å²) in [6.45, 7) is 2.44. The van der Waals surface area contributed by atoms with Crippen molar-refractivity contribution in [1.29, 1.82) is 0 Å². The smallest absolute Gasteiger partial charge is 0.237 e. The molecule has 1 saturated carbocycles. The fraction of sp³-hybridized carbons (Fsp3) is 0.550. The Morgan fingerprint density at radius 2 is 1.96 bits per heavy atom. The topological polar surface area (TPSA) is 90.5 Å². The Bertz CT molecular complexity index is 835. The first-order valence-corrected chi connectivity index (χ1v) is 9.72. The van der Waals surface area contributed by atoms with Crippen LogP contribution in [0.25, 0.3) is 11.0 Å². The number of carbonyl (C=O) groups is 2. The van der Waals surface area contributed by atoms with Gasteiger partial charge in [-0.1, -0.05) is 0 Å². The Kier molecular flexibility index (Phi) is 5.01. The quantitative estimate of drug-likeness (QED) is 0.806. The van der Waals surface area contributed by atoms with E-state index in [0.29, 0.717) is 24.3 Å². The fourth-order valence-corrected chi connectivity index (χ4v) is 3.69. The maximum Gasteiger partial charge on any atom is 0.237 e. The number of ether oxygens (including phenoxy) is 1. The molecule has 4 rings (SSSR count). The van der Waals surface area contributed by atoms with Crippen LogP contribution in [0.1, 0.15) is 32.1 Å². The van der Waals surface area contributed by atoms with Crippen LogP contribution in [0.5, 0.6) is 5.75 Å². The summed E-state index contributed by atoms with van der Waals surface area (Å²) in [7, 11) is 0. The summed E-state index contributed by atoms with van der Waals surface area (Å²) in [6.07, 6.45) is 8.65. The van der Waals surface area contributed by atoms with Crippen LogP contribution in [0.3, 0.4) is 0 Å². The van der Waals surface area contributed by atoms with Crippen molar-refractivity contribution in [1.82, 2.24) is 14.5 Å². The maximum absolute atomic E-state index is 12.2. The van der Waals surface area contributed by atoms with Gasteiger partial charge in [-0.25, -0.2) is 4.98 Å². The number of piperidine rings is 1. The van der Waals surface area contributed by atoms with E-state index < -0.39 is 5.91 Å². The molecule has 2 N–H and O–H groups in total. The molecule has 27 heavy (non-hydrogen) atoms. The number of rotatable bonds is 7. The van der Waals surface area contributed by atoms with Gasteiger partial charge in [0.15, 0.2) is 0 Å². The first-order valence-electron chi connectivity index (χ1n) is 9.72. The highest BCUT2D eigenvalue weighted by Gasteiger charge is 2.29. The predicted octanol–water partition coefficient (Wildman–Crippen LogP) is 1.94. The molecule has 2 aromatic heterocycles. The molecule has 2 amide bonds. The highest BCUT2D eigenvalue weighted by molar-refractivity contribution is 5.80. The van der Waals surface area contributed by atoms with Crippen molar-refractivity contribution in [3.63, 3.8) is 0 Å². The van der Waals surface area contributed by atoms with Crippen molar-refractivity contribution in [2.24, 2.45) is 17.6 Å². The van der Waals surface area contributed by atoms with Crippen molar-refractivity contribution in [3.8, 4) is 5.75 Å². The van der Waals surface area contributed by atoms with E-state index in [0.717, 1.165) is 49.1 Å². The molecule has 0 radical (unpaired) electrons. The van der Waals surface area contributed by atoms with E-state index in [4.69, 9.17) is 10.5 Å². The van der Waals surface area contributed by atoms with Crippen LogP contribution in [0, 0.1) is 11.8 Å². The molecule has 1 saturated heterocycles. The maximum atomic E-state index is 12.2. The van der Waals surface area contributed by atoms with Crippen LogP contribution in [0.2, 0.25) is 0 Å². The molecule has 1 aliphatic carbocycles. The number of aromatic nitrogens is 2. The van der Waals surface area contributed by atoms with Gasteiger partial charge >= 0.3 is 0 Å². The number of fused-ring (bicyclic) bond motifs is 1. The first kappa shape index (κ1) is 17.8. The number of hydrogen-bond acceptors (Lipinski definition) is 4. The minimum Gasteiger partial charge on any atom is -0.492 e. The molecule has 7 heteroatoms. The number of hydrogen-bond donors (Lipinski definition) is 1. The van der Waals surface area contributed by atoms with Gasteiger partial charge in [-0.2, -0.15) is 0 Å². The molecule has 0 bridgehead atoms. The minimum atomic E-state index is -0.392. The molecule has 0 spiro atoms. The molecule has 7 nitrogen and oxygen atoms in total. The van der Waals surface area contributed by atoms with E-state index in [2.05, 4.69) is 4.98 Å². The number of carbonyl (C=O) groups excluding carboxylic acids is 2. The average molecular weight is 370 g/mol. The summed E-state index contributed by atoms with van der Waals surface area (Å²) >= 11 is 0. The predicted molar refractivity (Wildman–Crippen MR) is 101 cm³/mol. The van der Waals surface area contributed by atoms with E-state index in [-0.39, 0.29) is 6.54 Å². The summed E-state index contributed by atoms with van der Waals surface area (Å²) in [6, 6.07) is 3.84. The SMILES string of the molecule is NC(=O)Cn1ccc2cc(OCC3CCN(C(=O)CC4CC4)CC3)cnc21. The van der Waals surface area contributed by atoms with Crippen LogP contribution in [-0.4, -0.2) is 46.0 Å². The normalized spacial score (nSPS) is 18.0. The van der Waals surface area contributed by atoms with E-state index in [1.165, 1.54) is 12.8 Å². The average Bonchev–Trinajstić information content (AvgIpc) is 3.39. The summed E-state index contributed by atoms with van der Waals surface area (Å²) < 4.78 is 7.68. The molecular formula is C20H26N4O3. The van der Waals surface area contributed by atoms with Gasteiger partial charge in [-0.05, 0) is 49.7 Å². The molecular weight excluding hydrogens is 344 g/mol. The van der Waals surface area contributed by atoms with Crippen molar-refractivity contribution < 1.29 is 14.3 Å². The van der Waals surface area contributed by atoms with Crippen LogP contribution in [-0.2, 0) is 16.1 Å². The van der Waals surface area contributed by atoms with Gasteiger partial charge < -0.3 is 19.9 Å². The summed E-state index contributed by atoms with van der Waals surface area (Å²) in [5.41, 5.74) is 5.98. The summed E-state index contributed by atoms with van der Waals surface area (Å²) in [5, 5.41) is 0.925. The van der Waals surface area contributed by atoms with Crippen molar-refractivity contribution in [3.05, 3.63) is 24.5 Å². The Morgan fingerprint density at radius 1 is 1.19 bits per heavy atom. The van der Waals surface area contributed by atoms with E-state index in [1.807, 2.05) is 17.0 Å². The van der Waals surface area contributed by atoms with E-state index >= 15 is 0 Å². The fourth-order valence-electron chi connectivity index (χ4n) is 3.69. The van der Waals surface area contributed by atoms with Crippen molar-refractivity contribution in [2.45, 2.75) is 38.6 Å². The zero-order valence-electron chi connectivity index (χ0n) is 15.5. The second-order valence-electron chi connectivity index (χ2n) is 7.78. The number of amides is 2. The highest BCUT2D eigenvalue weighted by atomic mass is 16.5. The van der Waals surface area contributed by atoms with Gasteiger partial charge in [-0.3, -0.25) is 9.59 Å². The van der Waals surface area contributed by atoms with Gasteiger partial charge in [0.05, 0.1) is 12.8 Å². The second-order valence-corrected chi connectivity index (χ2v) is 7.78. The molecule has 0 atom stereocenters. The highest BCUT2D eigenvalue weighted by Crippen LogP contribution is 2.33. The molecule has 0 unspecified atom stereocenters. The second kappa shape index (κ2) is 7.58. The standard InChI is InChI=1S/C20H26N4O3/c21-18(25)12-24-8-5-16-10-17(11-22-20(16)24)27-13-15-3-6-23(7-4-15)19(26)9-14-1-2-14/h5,8,10-11,14-15H,1-4,6-7,9,12-13H2,(H2,21,25). The first-order chi connectivity index (χ1) is 13.1. The Morgan fingerprint density at radius 3 is 2.67 bits per heavy atom. The lowest BCUT2D eigenvalue weighted by Crippen LogP contribution is -2.39. The van der Waals surface area contributed by atoms with Crippen LogP contribution >= 0.6 is 0 Å². The third kappa shape index (κ3) is 4.40. The van der Waals surface area contributed by atoms with E-state index in [1.54, 1.807) is 17.0 Å². The Hall–Kier alpha value is -2.57. The molecule has 3 heterocycles. The number of nitrogens with zero attached hydrogens (tertiary/aromatic N) is 3. The van der Waals surface area contributed by atoms with Gasteiger partial charge in [0, 0.05) is 31.1 Å². The van der Waals surface area contributed by atoms with Gasteiger partial charge in [0.2, 0.25) is 11.8 Å². The largest absolute Gasteiger partial charge is 0.492 e. The number of nitrogens with two attached hydrogens (primary N) is 1. The Labute approximate surface area is 158 Å². The molecule has 144 valence electrons. The number of primary amides is 1. The van der Waals surface area contributed by atoms with E-state index in [9.17, 15) is 9.59 Å². The number of pyridine rings is 1. The Balaban J connectivity index is 1.27. The number of likely N-dealkylation sites (tertiary alicyclic amines) is 1. The summed E-state index contributed by atoms with van der Waals surface area (Å²) in [4.78, 5) is 29.7. The summed E-state index contributed by atoms with van der Waals surface area (Å²) in [5.74, 6) is 1.78. The monoisotopic (exact) mass is 370 g/mol. The molecule has 2 fully saturated rings. The van der Waals surface area contributed by atoms with Crippen LogP contribution in [0.15, 0.2) is 24.5 Å². The zero-order valence-corrected chi connectivity index (χ0v) is 15.5. The lowest BCUT2D eigenvalue weighted by molar-refractivity contribution is -0.133. The third-order valence-electron chi connectivity index (χ3n) is 5.52. The zero-order chi connectivity index (χ0) is 18.8. The van der Waals surface area contributed by atoms with Gasteiger partial charge in [-0.15, -0.1) is 0 Å². The van der Waals surface area contributed by atoms with Crippen LogP contribution < -0.4 is 10.5 Å². The van der Waals surface area contributed by atoms with Crippen LogP contribution in [0.4, 0.5) is 0 Å². The van der Waals surface area contributed by atoms with Gasteiger partial charge in [0.25, 0.3) is 0 Å². The molecule has 2 aliphatic rings. The lowest BCUT2D eigenvalue weighted by Gasteiger charge is -2.32. The molecule has 1 aliphatic heterocycles. The third-order valence-corrected chi connectivity index (χ3v) is 5.52. The van der Waals surface area contributed by atoms with Crippen molar-refractivity contribution >= 4 is 22.8 Å². The molecule has 0 aromatic carbocycles. The van der Waals surface area contributed by atoms with Crippen molar-refractivity contribution in [2.75, 3.05) is 19.7 Å². The lowest BCUT2D eigenvalue weighted by atomic mass is 9.97. The molecule has 2 aromatic rings. The van der Waals surface area contributed by atoms with Gasteiger partial charge in [0.1, 0.15) is 17.9 Å². The minimum absolute atomic E-state index is 0.120.